The molecule has 0 aliphatic heterocycles. The molecule has 207 valence electrons. The molecule has 0 aliphatic rings. The summed E-state index contributed by atoms with van der Waals surface area (Å²) in [6.45, 7) is 6.53. The zero-order valence-electron chi connectivity index (χ0n) is 22.2. The molecule has 0 aromatic carbocycles. The standard InChI is InChI=1S/3C9H18O2.Rh/c3*1-2-3-4-5-6-7-8-9(10)11;/h3*2-8H2,1H3,(H,10,11);. The van der Waals surface area contributed by atoms with Gasteiger partial charge in [-0.15, -0.1) is 0 Å². The van der Waals surface area contributed by atoms with E-state index in [0.717, 1.165) is 38.5 Å². The van der Waals surface area contributed by atoms with Gasteiger partial charge in [-0.2, -0.15) is 0 Å². The summed E-state index contributed by atoms with van der Waals surface area (Å²) in [7, 11) is 0. The molecule has 0 atom stereocenters. The van der Waals surface area contributed by atoms with Crippen LogP contribution in [0.1, 0.15) is 156 Å². The molecule has 0 saturated carbocycles. The van der Waals surface area contributed by atoms with Gasteiger partial charge in [0.2, 0.25) is 0 Å². The van der Waals surface area contributed by atoms with Gasteiger partial charge in [0, 0.05) is 38.7 Å². The summed E-state index contributed by atoms with van der Waals surface area (Å²) in [6.07, 6.45) is 21.8. The fourth-order valence-corrected chi connectivity index (χ4v) is 3.17. The van der Waals surface area contributed by atoms with E-state index >= 15 is 0 Å². The van der Waals surface area contributed by atoms with Crippen molar-refractivity contribution >= 4 is 17.9 Å². The smallest absolute Gasteiger partial charge is 0.303 e. The second kappa shape index (κ2) is 36.6. The topological polar surface area (TPSA) is 112 Å². The van der Waals surface area contributed by atoms with Crippen molar-refractivity contribution in [1.82, 2.24) is 0 Å². The van der Waals surface area contributed by atoms with Gasteiger partial charge in [0.1, 0.15) is 0 Å². The summed E-state index contributed by atoms with van der Waals surface area (Å²) in [6, 6.07) is 0. The Labute approximate surface area is 222 Å². The Morgan fingerprint density at radius 2 is 0.559 bits per heavy atom. The monoisotopic (exact) mass is 577 g/mol. The van der Waals surface area contributed by atoms with Crippen LogP contribution in [-0.4, -0.2) is 33.2 Å². The van der Waals surface area contributed by atoms with Gasteiger partial charge in [0.05, 0.1) is 0 Å². The normalized spacial score (nSPS) is 9.62. The molecule has 1 radical (unpaired) electrons. The molecule has 0 bridgehead atoms. The number of unbranched alkanes of at least 4 members (excludes halogenated alkanes) is 15. The van der Waals surface area contributed by atoms with E-state index in [1.54, 1.807) is 0 Å². The summed E-state index contributed by atoms with van der Waals surface area (Å²) >= 11 is 0. The number of carboxylic acid groups (broad SMARTS) is 3. The van der Waals surface area contributed by atoms with Gasteiger partial charge in [0.25, 0.3) is 0 Å². The maximum absolute atomic E-state index is 10.1. The van der Waals surface area contributed by atoms with Crippen LogP contribution in [0.15, 0.2) is 0 Å². The Kier molecular flexibility index (Phi) is 43.3. The molecule has 0 heterocycles. The number of carbonyl (C=O) groups is 3. The maximum atomic E-state index is 10.1. The van der Waals surface area contributed by atoms with E-state index in [4.69, 9.17) is 15.3 Å². The number of rotatable bonds is 21. The largest absolute Gasteiger partial charge is 0.481 e. The van der Waals surface area contributed by atoms with Crippen molar-refractivity contribution in [3.8, 4) is 0 Å². The van der Waals surface area contributed by atoms with Crippen LogP contribution in [0.2, 0.25) is 0 Å². The van der Waals surface area contributed by atoms with Crippen LogP contribution in [0.5, 0.6) is 0 Å². The molecular weight excluding hydrogens is 523 g/mol. The van der Waals surface area contributed by atoms with Gasteiger partial charge in [-0.05, 0) is 19.3 Å². The molecule has 34 heavy (non-hydrogen) atoms. The molecule has 0 unspecified atom stereocenters. The van der Waals surface area contributed by atoms with E-state index in [9.17, 15) is 14.4 Å². The zero-order valence-corrected chi connectivity index (χ0v) is 23.9. The van der Waals surface area contributed by atoms with Gasteiger partial charge >= 0.3 is 17.9 Å². The minimum atomic E-state index is -0.666. The second-order valence-electron chi connectivity index (χ2n) is 8.73. The van der Waals surface area contributed by atoms with Crippen molar-refractivity contribution in [2.45, 2.75) is 156 Å². The van der Waals surface area contributed by atoms with E-state index in [-0.39, 0.29) is 19.5 Å². The molecule has 0 rings (SSSR count). The third kappa shape index (κ3) is 52.8. The molecule has 0 aromatic rings. The van der Waals surface area contributed by atoms with E-state index in [1.165, 1.54) is 77.0 Å². The first-order valence-corrected chi connectivity index (χ1v) is 13.5. The first-order chi connectivity index (χ1) is 15.8. The average molecular weight is 578 g/mol. The van der Waals surface area contributed by atoms with Gasteiger partial charge in [-0.25, -0.2) is 0 Å². The number of hydrogen-bond donors (Lipinski definition) is 3. The average Bonchev–Trinajstić information content (AvgIpc) is 2.76. The molecule has 7 heteroatoms. The second-order valence-corrected chi connectivity index (χ2v) is 8.73. The summed E-state index contributed by atoms with van der Waals surface area (Å²) in [4.78, 5) is 30.3. The Balaban J connectivity index is -0.000000196. The minimum Gasteiger partial charge on any atom is -0.481 e. The van der Waals surface area contributed by atoms with Gasteiger partial charge in [-0.1, -0.05) is 117 Å². The molecule has 0 fully saturated rings. The van der Waals surface area contributed by atoms with E-state index in [2.05, 4.69) is 20.8 Å². The van der Waals surface area contributed by atoms with Crippen molar-refractivity contribution in [2.24, 2.45) is 0 Å². The fraction of sp³-hybridized carbons (Fsp3) is 0.889. The SMILES string of the molecule is CCCCCCCCC(=O)O.CCCCCCCCC(=O)O.CCCCCCCCC(=O)O.[Rh]. The van der Waals surface area contributed by atoms with Crippen LogP contribution in [0.25, 0.3) is 0 Å². The predicted molar refractivity (Wildman–Crippen MR) is 137 cm³/mol. The van der Waals surface area contributed by atoms with Crippen LogP contribution >= 0.6 is 0 Å². The Morgan fingerprint density at radius 3 is 0.735 bits per heavy atom. The number of aliphatic carboxylic acids is 3. The Hall–Kier alpha value is -0.967. The Morgan fingerprint density at radius 1 is 0.382 bits per heavy atom. The summed E-state index contributed by atoms with van der Waals surface area (Å²) < 4.78 is 0. The van der Waals surface area contributed by atoms with Crippen LogP contribution in [0.4, 0.5) is 0 Å². The fourth-order valence-electron chi connectivity index (χ4n) is 3.17. The van der Waals surface area contributed by atoms with Gasteiger partial charge in [-0.3, -0.25) is 14.4 Å². The van der Waals surface area contributed by atoms with E-state index in [0.29, 0.717) is 19.3 Å². The zero-order chi connectivity index (χ0) is 25.6. The van der Waals surface area contributed by atoms with Crippen molar-refractivity contribution in [2.75, 3.05) is 0 Å². The molecule has 0 aliphatic carbocycles. The van der Waals surface area contributed by atoms with E-state index in [1.807, 2.05) is 0 Å². The molecule has 6 nitrogen and oxygen atoms in total. The molecule has 0 spiro atoms. The van der Waals surface area contributed by atoms with Crippen LogP contribution < -0.4 is 0 Å². The Bertz CT molecular complexity index is 368. The van der Waals surface area contributed by atoms with Crippen molar-refractivity contribution in [1.29, 1.82) is 0 Å². The number of carboxylic acids is 3. The third-order valence-electron chi connectivity index (χ3n) is 5.23. The van der Waals surface area contributed by atoms with Crippen molar-refractivity contribution in [3.63, 3.8) is 0 Å². The maximum Gasteiger partial charge on any atom is 0.303 e. The first kappa shape index (κ1) is 40.2. The minimum absolute atomic E-state index is 0. The first-order valence-electron chi connectivity index (χ1n) is 13.5. The quantitative estimate of drug-likeness (QED) is 0.0932. The molecule has 0 saturated heterocycles. The van der Waals surface area contributed by atoms with Crippen LogP contribution in [-0.2, 0) is 33.9 Å². The third-order valence-corrected chi connectivity index (χ3v) is 5.23. The van der Waals surface area contributed by atoms with E-state index < -0.39 is 17.9 Å². The van der Waals surface area contributed by atoms with Crippen molar-refractivity contribution in [3.05, 3.63) is 0 Å². The summed E-state index contributed by atoms with van der Waals surface area (Å²) in [5.41, 5.74) is 0. The van der Waals surface area contributed by atoms with Crippen LogP contribution in [0.3, 0.4) is 0 Å². The summed E-state index contributed by atoms with van der Waals surface area (Å²) in [5, 5.41) is 24.9. The van der Waals surface area contributed by atoms with Crippen LogP contribution in [0, 0.1) is 0 Å². The summed E-state index contributed by atoms with van der Waals surface area (Å²) in [5.74, 6) is -2.00. The number of hydrogen-bond acceptors (Lipinski definition) is 3. The molecular formula is C27H54O6Rh. The van der Waals surface area contributed by atoms with Gasteiger partial charge in [0.15, 0.2) is 0 Å². The van der Waals surface area contributed by atoms with Gasteiger partial charge < -0.3 is 15.3 Å². The predicted octanol–water partition coefficient (Wildman–Crippen LogP) is 8.46. The molecule has 0 aromatic heterocycles. The molecule has 3 N–H and O–H groups in total. The molecule has 0 amide bonds. The van der Waals surface area contributed by atoms with Crippen molar-refractivity contribution < 1.29 is 49.2 Å².